The summed E-state index contributed by atoms with van der Waals surface area (Å²) in [5, 5.41) is 0. The molecule has 0 saturated carbocycles. The minimum absolute atomic E-state index is 0.0288. The van der Waals surface area contributed by atoms with Gasteiger partial charge in [0.1, 0.15) is 25.5 Å². The van der Waals surface area contributed by atoms with Crippen molar-refractivity contribution in [3.63, 3.8) is 0 Å². The van der Waals surface area contributed by atoms with Gasteiger partial charge in [-0.05, 0) is 41.8 Å². The van der Waals surface area contributed by atoms with Crippen molar-refractivity contribution < 1.29 is 23.8 Å². The van der Waals surface area contributed by atoms with Crippen LogP contribution < -0.4 is 19.1 Å². The first-order chi connectivity index (χ1) is 15.1. The maximum absolute atomic E-state index is 13.0. The number of nitrogens with zero attached hydrogens (tertiary/aromatic N) is 3. The summed E-state index contributed by atoms with van der Waals surface area (Å²) in [5.74, 6) is 2.14. The summed E-state index contributed by atoms with van der Waals surface area (Å²) in [7, 11) is 1.65. The van der Waals surface area contributed by atoms with Crippen molar-refractivity contribution in [2.24, 2.45) is 0 Å². The maximum Gasteiger partial charge on any atom is 0.325 e. The van der Waals surface area contributed by atoms with Gasteiger partial charge >= 0.3 is 6.03 Å². The van der Waals surface area contributed by atoms with Gasteiger partial charge in [-0.3, -0.25) is 9.69 Å². The van der Waals surface area contributed by atoms with Crippen LogP contribution in [0.5, 0.6) is 17.2 Å². The Morgan fingerprint density at radius 3 is 2.68 bits per heavy atom. The third-order valence-corrected chi connectivity index (χ3v) is 6.04. The molecule has 3 aliphatic heterocycles. The van der Waals surface area contributed by atoms with Crippen LogP contribution in [0.4, 0.5) is 10.5 Å². The second-order valence-electron chi connectivity index (χ2n) is 7.88. The fraction of sp³-hybridized carbons (Fsp3) is 0.391. The number of rotatable bonds is 4. The Labute approximate surface area is 180 Å². The van der Waals surface area contributed by atoms with Gasteiger partial charge in [0, 0.05) is 37.9 Å². The maximum atomic E-state index is 13.0. The molecule has 3 heterocycles. The van der Waals surface area contributed by atoms with E-state index in [0.29, 0.717) is 50.9 Å². The Morgan fingerprint density at radius 1 is 1.00 bits per heavy atom. The Bertz CT molecular complexity index is 1020. The zero-order valence-electron chi connectivity index (χ0n) is 17.5. The van der Waals surface area contributed by atoms with Gasteiger partial charge in [-0.2, -0.15) is 0 Å². The Hall–Kier alpha value is -3.42. The van der Waals surface area contributed by atoms with Gasteiger partial charge in [0.15, 0.2) is 11.5 Å². The highest BCUT2D eigenvalue weighted by atomic mass is 16.6. The highest BCUT2D eigenvalue weighted by Crippen LogP contribution is 2.35. The van der Waals surface area contributed by atoms with Gasteiger partial charge in [0.2, 0.25) is 5.91 Å². The molecule has 2 aromatic carbocycles. The lowest BCUT2D eigenvalue weighted by atomic mass is 9.99. The number of carbonyl (C=O) groups excluding carboxylic acids is 2. The van der Waals surface area contributed by atoms with E-state index >= 15 is 0 Å². The molecule has 3 aliphatic rings. The molecule has 162 valence electrons. The quantitative estimate of drug-likeness (QED) is 0.755. The van der Waals surface area contributed by atoms with Crippen LogP contribution in [-0.4, -0.2) is 68.2 Å². The molecule has 1 fully saturated rings. The average molecular weight is 423 g/mol. The molecular weight excluding hydrogens is 398 g/mol. The van der Waals surface area contributed by atoms with E-state index in [1.54, 1.807) is 16.9 Å². The number of urea groups is 1. The number of ether oxygens (including phenoxy) is 3. The molecule has 8 nitrogen and oxygen atoms in total. The molecule has 0 aromatic heterocycles. The van der Waals surface area contributed by atoms with Gasteiger partial charge in [-0.1, -0.05) is 6.07 Å². The smallest absolute Gasteiger partial charge is 0.325 e. The van der Waals surface area contributed by atoms with Crippen molar-refractivity contribution in [3.05, 3.63) is 47.5 Å². The summed E-state index contributed by atoms with van der Waals surface area (Å²) in [4.78, 5) is 31.0. The number of carbonyl (C=O) groups is 2. The summed E-state index contributed by atoms with van der Waals surface area (Å²) in [6.45, 7) is 3.37. The molecule has 0 aliphatic carbocycles. The fourth-order valence-electron chi connectivity index (χ4n) is 4.30. The monoisotopic (exact) mass is 423 g/mol. The molecule has 3 amide bonds. The molecule has 0 spiro atoms. The van der Waals surface area contributed by atoms with Crippen LogP contribution in [0.3, 0.4) is 0 Å². The fourth-order valence-corrected chi connectivity index (χ4v) is 4.30. The average Bonchev–Trinajstić information content (AvgIpc) is 3.17. The lowest BCUT2D eigenvalue weighted by molar-refractivity contribution is -0.132. The molecule has 0 N–H and O–H groups in total. The Morgan fingerprint density at radius 2 is 1.84 bits per heavy atom. The number of hydrogen-bond donors (Lipinski definition) is 0. The number of anilines is 1. The predicted molar refractivity (Wildman–Crippen MR) is 114 cm³/mol. The molecule has 0 radical (unpaired) electrons. The lowest BCUT2D eigenvalue weighted by Gasteiger charge is -2.30. The summed E-state index contributed by atoms with van der Waals surface area (Å²) < 4.78 is 16.5. The third kappa shape index (κ3) is 3.73. The lowest BCUT2D eigenvalue weighted by Crippen LogP contribution is -2.44. The van der Waals surface area contributed by atoms with Crippen LogP contribution in [0.15, 0.2) is 36.4 Å². The molecule has 0 atom stereocenters. The SMILES string of the molecule is COc1ccc2c(c1)CCN(C(=O)CN1CCN(c3ccc4c(c3)OCCO4)C1=O)C2. The van der Waals surface area contributed by atoms with Crippen molar-refractivity contribution in [2.45, 2.75) is 13.0 Å². The summed E-state index contributed by atoms with van der Waals surface area (Å²) in [6, 6.07) is 11.3. The largest absolute Gasteiger partial charge is 0.497 e. The summed E-state index contributed by atoms with van der Waals surface area (Å²) in [5.41, 5.74) is 3.10. The second kappa shape index (κ2) is 8.02. The molecule has 31 heavy (non-hydrogen) atoms. The minimum Gasteiger partial charge on any atom is -0.497 e. The molecule has 5 rings (SSSR count). The van der Waals surface area contributed by atoms with Gasteiger partial charge < -0.3 is 24.0 Å². The standard InChI is InChI=1S/C23H25N3O5/c1-29-19-4-2-17-14-24(7-6-16(17)12-19)22(27)15-25-8-9-26(23(25)28)18-3-5-20-21(13-18)31-11-10-30-20/h2-5,12-13H,6-11,14-15H2,1H3. The van der Waals surface area contributed by atoms with E-state index in [-0.39, 0.29) is 18.5 Å². The van der Waals surface area contributed by atoms with E-state index < -0.39 is 0 Å². The molecular formula is C23H25N3O5. The minimum atomic E-state index is -0.160. The Kier molecular flexibility index (Phi) is 5.05. The molecule has 1 saturated heterocycles. The van der Waals surface area contributed by atoms with E-state index in [4.69, 9.17) is 14.2 Å². The zero-order chi connectivity index (χ0) is 21.4. The normalized spacial score (nSPS) is 17.6. The highest BCUT2D eigenvalue weighted by molar-refractivity contribution is 5.96. The van der Waals surface area contributed by atoms with Crippen molar-refractivity contribution in [1.29, 1.82) is 0 Å². The number of hydrogen-bond acceptors (Lipinski definition) is 5. The van der Waals surface area contributed by atoms with Crippen LogP contribution >= 0.6 is 0 Å². The van der Waals surface area contributed by atoms with Crippen LogP contribution in [0, 0.1) is 0 Å². The van der Waals surface area contributed by atoms with Crippen LogP contribution in [0.1, 0.15) is 11.1 Å². The summed E-state index contributed by atoms with van der Waals surface area (Å²) in [6.07, 6.45) is 0.787. The van der Waals surface area contributed by atoms with E-state index in [2.05, 4.69) is 0 Å². The zero-order valence-corrected chi connectivity index (χ0v) is 17.5. The molecule has 8 heteroatoms. The van der Waals surface area contributed by atoms with E-state index in [9.17, 15) is 9.59 Å². The van der Waals surface area contributed by atoms with Crippen LogP contribution in [-0.2, 0) is 17.8 Å². The second-order valence-corrected chi connectivity index (χ2v) is 7.88. The Balaban J connectivity index is 1.23. The first-order valence-electron chi connectivity index (χ1n) is 10.5. The first-order valence-corrected chi connectivity index (χ1v) is 10.5. The molecule has 0 bridgehead atoms. The van der Waals surface area contributed by atoms with Crippen LogP contribution in [0.2, 0.25) is 0 Å². The number of benzene rings is 2. The molecule has 2 aromatic rings. The van der Waals surface area contributed by atoms with E-state index in [1.807, 2.05) is 41.3 Å². The van der Waals surface area contributed by atoms with Crippen LogP contribution in [0.25, 0.3) is 0 Å². The third-order valence-electron chi connectivity index (χ3n) is 6.04. The van der Waals surface area contributed by atoms with Crippen molar-refractivity contribution in [1.82, 2.24) is 9.80 Å². The van der Waals surface area contributed by atoms with E-state index in [1.165, 1.54) is 5.56 Å². The van der Waals surface area contributed by atoms with Crippen molar-refractivity contribution in [2.75, 3.05) is 51.4 Å². The van der Waals surface area contributed by atoms with Gasteiger partial charge in [0.25, 0.3) is 0 Å². The predicted octanol–water partition coefficient (Wildman–Crippen LogP) is 2.29. The van der Waals surface area contributed by atoms with Crippen molar-refractivity contribution in [3.8, 4) is 17.2 Å². The summed E-state index contributed by atoms with van der Waals surface area (Å²) >= 11 is 0. The topological polar surface area (TPSA) is 71.6 Å². The number of fused-ring (bicyclic) bond motifs is 2. The number of methoxy groups -OCH3 is 1. The van der Waals surface area contributed by atoms with Crippen molar-refractivity contribution >= 4 is 17.6 Å². The molecule has 0 unspecified atom stereocenters. The first kappa shape index (κ1) is 19.5. The number of amides is 3. The van der Waals surface area contributed by atoms with Gasteiger partial charge in [-0.15, -0.1) is 0 Å². The van der Waals surface area contributed by atoms with E-state index in [0.717, 1.165) is 23.4 Å². The highest BCUT2D eigenvalue weighted by Gasteiger charge is 2.33. The van der Waals surface area contributed by atoms with Gasteiger partial charge in [-0.25, -0.2) is 4.79 Å². The van der Waals surface area contributed by atoms with Gasteiger partial charge in [0.05, 0.1) is 7.11 Å².